The van der Waals surface area contributed by atoms with Crippen LogP contribution in [0.25, 0.3) is 27.2 Å². The van der Waals surface area contributed by atoms with Gasteiger partial charge in [-0.15, -0.1) is 0 Å². The number of hydrazine groups is 1. The third-order valence-corrected chi connectivity index (χ3v) is 4.20. The standard InChI is InChI=1S/C18H16N4O/c19-21-16-7-3-6-14-17(16)15(10-23)12-4-1-2-5-13(12)18(14)22-9-8-20-11-22/h1-9,11,21,23H,10,19H2. The summed E-state index contributed by atoms with van der Waals surface area (Å²) in [6.07, 6.45) is 5.45. The predicted octanol–water partition coefficient (Wildman–Crippen LogP) is 2.96. The number of nitrogens with one attached hydrogen (secondary N) is 1. The lowest BCUT2D eigenvalue weighted by Gasteiger charge is -2.18. The molecule has 0 saturated carbocycles. The van der Waals surface area contributed by atoms with Gasteiger partial charge in [0.25, 0.3) is 0 Å². The van der Waals surface area contributed by atoms with E-state index in [0.717, 1.165) is 38.5 Å². The van der Waals surface area contributed by atoms with Crippen LogP contribution in [0.15, 0.2) is 61.2 Å². The molecule has 114 valence electrons. The van der Waals surface area contributed by atoms with Crippen LogP contribution in [0.1, 0.15) is 5.56 Å². The number of aliphatic hydroxyl groups excluding tert-OH is 1. The molecule has 4 N–H and O–H groups in total. The van der Waals surface area contributed by atoms with Gasteiger partial charge in [-0.05, 0) is 17.0 Å². The summed E-state index contributed by atoms with van der Waals surface area (Å²) in [5, 5.41) is 14.0. The molecule has 0 fully saturated rings. The van der Waals surface area contributed by atoms with Crippen molar-refractivity contribution in [2.24, 2.45) is 5.84 Å². The average molecular weight is 304 g/mol. The minimum absolute atomic E-state index is 0.0556. The number of nitrogens with zero attached hydrogens (tertiary/aromatic N) is 2. The minimum Gasteiger partial charge on any atom is -0.392 e. The molecule has 4 aromatic rings. The van der Waals surface area contributed by atoms with E-state index >= 15 is 0 Å². The third-order valence-electron chi connectivity index (χ3n) is 4.20. The van der Waals surface area contributed by atoms with E-state index in [1.807, 2.05) is 47.2 Å². The van der Waals surface area contributed by atoms with Gasteiger partial charge >= 0.3 is 0 Å². The number of anilines is 1. The molecule has 0 amide bonds. The van der Waals surface area contributed by atoms with Crippen molar-refractivity contribution in [2.45, 2.75) is 6.61 Å². The number of aliphatic hydroxyl groups is 1. The van der Waals surface area contributed by atoms with Crippen LogP contribution in [-0.2, 0) is 6.61 Å². The molecule has 0 saturated heterocycles. The van der Waals surface area contributed by atoms with Crippen molar-refractivity contribution in [3.8, 4) is 5.69 Å². The monoisotopic (exact) mass is 304 g/mol. The second kappa shape index (κ2) is 5.39. The number of fused-ring (bicyclic) bond motifs is 2. The Morgan fingerprint density at radius 3 is 2.52 bits per heavy atom. The molecule has 0 atom stereocenters. The first-order valence-corrected chi connectivity index (χ1v) is 7.37. The third kappa shape index (κ3) is 1.98. The van der Waals surface area contributed by atoms with E-state index in [0.29, 0.717) is 0 Å². The molecule has 23 heavy (non-hydrogen) atoms. The molecule has 0 spiro atoms. The molecule has 0 aliphatic carbocycles. The Morgan fingerprint density at radius 1 is 1.04 bits per heavy atom. The van der Waals surface area contributed by atoms with Gasteiger partial charge in [0.2, 0.25) is 0 Å². The van der Waals surface area contributed by atoms with E-state index in [4.69, 9.17) is 5.84 Å². The number of aromatic nitrogens is 2. The van der Waals surface area contributed by atoms with Gasteiger partial charge in [0, 0.05) is 28.6 Å². The number of nitrogen functional groups attached to an aromatic ring is 1. The maximum Gasteiger partial charge on any atom is 0.0992 e. The Morgan fingerprint density at radius 2 is 1.83 bits per heavy atom. The fraction of sp³-hybridized carbons (Fsp3) is 0.0556. The number of imidazole rings is 1. The van der Waals surface area contributed by atoms with E-state index < -0.39 is 0 Å². The van der Waals surface area contributed by atoms with E-state index in [-0.39, 0.29) is 6.61 Å². The lowest BCUT2D eigenvalue weighted by Crippen LogP contribution is -2.09. The van der Waals surface area contributed by atoms with Gasteiger partial charge in [-0.2, -0.15) is 0 Å². The maximum atomic E-state index is 9.99. The molecule has 0 bridgehead atoms. The molecule has 5 nitrogen and oxygen atoms in total. The van der Waals surface area contributed by atoms with E-state index in [1.165, 1.54) is 0 Å². The Balaban J connectivity index is 2.30. The predicted molar refractivity (Wildman–Crippen MR) is 92.3 cm³/mol. The van der Waals surface area contributed by atoms with Crippen LogP contribution in [0.2, 0.25) is 0 Å². The Bertz CT molecular complexity index is 993. The molecular formula is C18H16N4O. The van der Waals surface area contributed by atoms with Gasteiger partial charge < -0.3 is 15.1 Å². The van der Waals surface area contributed by atoms with E-state index in [1.54, 1.807) is 12.5 Å². The number of rotatable bonds is 3. The van der Waals surface area contributed by atoms with Gasteiger partial charge in [-0.3, -0.25) is 5.84 Å². The van der Waals surface area contributed by atoms with Gasteiger partial charge in [0.1, 0.15) is 0 Å². The first-order chi connectivity index (χ1) is 11.3. The highest BCUT2D eigenvalue weighted by Gasteiger charge is 2.16. The molecule has 0 aliphatic rings. The average Bonchev–Trinajstić information content (AvgIpc) is 3.13. The zero-order valence-corrected chi connectivity index (χ0v) is 12.4. The van der Waals surface area contributed by atoms with Crippen LogP contribution in [-0.4, -0.2) is 14.7 Å². The maximum absolute atomic E-state index is 9.99. The van der Waals surface area contributed by atoms with Crippen molar-refractivity contribution < 1.29 is 5.11 Å². The second-order valence-corrected chi connectivity index (χ2v) is 5.37. The second-order valence-electron chi connectivity index (χ2n) is 5.37. The van der Waals surface area contributed by atoms with Crippen molar-refractivity contribution in [3.05, 3.63) is 66.7 Å². The van der Waals surface area contributed by atoms with Crippen LogP contribution in [0.4, 0.5) is 5.69 Å². The van der Waals surface area contributed by atoms with Gasteiger partial charge in [0.05, 0.1) is 24.3 Å². The largest absolute Gasteiger partial charge is 0.392 e. The number of hydrogen-bond acceptors (Lipinski definition) is 4. The summed E-state index contributed by atoms with van der Waals surface area (Å²) in [4.78, 5) is 4.17. The van der Waals surface area contributed by atoms with Crippen LogP contribution in [0, 0.1) is 0 Å². The van der Waals surface area contributed by atoms with Gasteiger partial charge in [0.15, 0.2) is 0 Å². The fourth-order valence-corrected chi connectivity index (χ4v) is 3.26. The molecule has 0 radical (unpaired) electrons. The van der Waals surface area contributed by atoms with Crippen molar-refractivity contribution in [1.29, 1.82) is 0 Å². The zero-order valence-electron chi connectivity index (χ0n) is 12.4. The van der Waals surface area contributed by atoms with E-state index in [9.17, 15) is 5.11 Å². The minimum atomic E-state index is -0.0556. The van der Waals surface area contributed by atoms with Gasteiger partial charge in [-0.1, -0.05) is 36.4 Å². The molecule has 1 aromatic heterocycles. The molecule has 0 unspecified atom stereocenters. The summed E-state index contributed by atoms with van der Waals surface area (Å²) in [7, 11) is 0. The zero-order chi connectivity index (χ0) is 15.8. The first kappa shape index (κ1) is 13.8. The van der Waals surface area contributed by atoms with E-state index in [2.05, 4.69) is 16.5 Å². The molecule has 3 aromatic carbocycles. The topological polar surface area (TPSA) is 76.1 Å². The molecular weight excluding hydrogens is 288 g/mol. The van der Waals surface area contributed by atoms with Crippen molar-refractivity contribution >= 4 is 27.2 Å². The highest BCUT2D eigenvalue weighted by Crippen LogP contribution is 2.38. The van der Waals surface area contributed by atoms with Crippen LogP contribution in [0.3, 0.4) is 0 Å². The van der Waals surface area contributed by atoms with Crippen molar-refractivity contribution in [1.82, 2.24) is 9.55 Å². The Hall–Kier alpha value is -2.89. The quantitative estimate of drug-likeness (QED) is 0.309. The molecule has 1 heterocycles. The lowest BCUT2D eigenvalue weighted by molar-refractivity contribution is 0.285. The van der Waals surface area contributed by atoms with Gasteiger partial charge in [-0.25, -0.2) is 4.98 Å². The summed E-state index contributed by atoms with van der Waals surface area (Å²) in [6, 6.07) is 14.0. The smallest absolute Gasteiger partial charge is 0.0992 e. The van der Waals surface area contributed by atoms with Crippen LogP contribution in [0.5, 0.6) is 0 Å². The number of hydrogen-bond donors (Lipinski definition) is 3. The summed E-state index contributed by atoms with van der Waals surface area (Å²) >= 11 is 0. The van der Waals surface area contributed by atoms with Crippen LogP contribution >= 0.6 is 0 Å². The number of nitrogens with two attached hydrogens (primary N) is 1. The summed E-state index contributed by atoms with van der Waals surface area (Å²) in [5.74, 6) is 5.70. The number of benzene rings is 3. The molecule has 0 aliphatic heterocycles. The van der Waals surface area contributed by atoms with Crippen molar-refractivity contribution in [3.63, 3.8) is 0 Å². The molecule has 5 heteroatoms. The van der Waals surface area contributed by atoms with Crippen LogP contribution < -0.4 is 11.3 Å². The Kier molecular flexibility index (Phi) is 3.22. The summed E-state index contributed by atoms with van der Waals surface area (Å²) in [6.45, 7) is -0.0556. The first-order valence-electron chi connectivity index (χ1n) is 7.37. The lowest BCUT2D eigenvalue weighted by atomic mass is 9.94. The summed E-state index contributed by atoms with van der Waals surface area (Å²) in [5.41, 5.74) is 5.43. The normalized spacial score (nSPS) is 11.2. The highest BCUT2D eigenvalue weighted by atomic mass is 16.3. The van der Waals surface area contributed by atoms with Crippen molar-refractivity contribution in [2.75, 3.05) is 5.43 Å². The molecule has 4 rings (SSSR count). The highest BCUT2D eigenvalue weighted by molar-refractivity contribution is 6.14. The Labute approximate surface area is 133 Å². The fourth-order valence-electron chi connectivity index (χ4n) is 3.26. The SMILES string of the molecule is NNc1cccc2c(-n3ccnc3)c3ccccc3c(CO)c12. The summed E-state index contributed by atoms with van der Waals surface area (Å²) < 4.78 is 1.99.